The number of fused-ring (bicyclic) bond motifs is 2. The number of likely N-dealkylation sites (tertiary alicyclic amines) is 1. The van der Waals surface area contributed by atoms with E-state index in [-0.39, 0.29) is 12.0 Å². The van der Waals surface area contributed by atoms with Crippen LogP contribution in [0.25, 0.3) is 50.3 Å². The predicted molar refractivity (Wildman–Crippen MR) is 210 cm³/mol. The van der Waals surface area contributed by atoms with E-state index in [4.69, 9.17) is 40.3 Å². The van der Waals surface area contributed by atoms with Crippen LogP contribution in [0.4, 0.5) is 0 Å². The minimum absolute atomic E-state index is 0.0342. The van der Waals surface area contributed by atoms with Crippen molar-refractivity contribution in [3.63, 3.8) is 0 Å². The van der Waals surface area contributed by atoms with Crippen molar-refractivity contribution in [1.82, 2.24) is 24.6 Å². The maximum atomic E-state index is 11.5. The molecule has 4 heterocycles. The SMILES string of the molecule is COc1cc(-n2ncc3c(-c4cccc(-c5nc6cc(CN7CC[C@@H](C(=O)O)C7)cc(Cl)c6o5)c4C)cccc32)cc(OC)c1CN(C)[C@@H]1CCOC[C@@H]1O. The molecule has 2 N–H and O–H groups in total. The summed E-state index contributed by atoms with van der Waals surface area (Å²) in [5, 5.41) is 26.3. The fourth-order valence-corrected chi connectivity index (χ4v) is 8.46. The van der Waals surface area contributed by atoms with Crippen molar-refractivity contribution in [1.29, 1.82) is 0 Å². The number of halogens is 1. The van der Waals surface area contributed by atoms with Crippen LogP contribution in [-0.4, -0.2) is 100 Å². The number of carboxylic acids is 1. The summed E-state index contributed by atoms with van der Waals surface area (Å²) < 4.78 is 25.5. The van der Waals surface area contributed by atoms with E-state index in [1.807, 2.05) is 66.5 Å². The fraction of sp³-hybridized carbons (Fsp3) is 0.357. The van der Waals surface area contributed by atoms with Gasteiger partial charge in [-0.05, 0) is 79.9 Å². The van der Waals surface area contributed by atoms with Gasteiger partial charge in [0.2, 0.25) is 5.89 Å². The number of aromatic nitrogens is 3. The van der Waals surface area contributed by atoms with Crippen LogP contribution >= 0.6 is 11.6 Å². The second-order valence-corrected chi connectivity index (χ2v) is 14.9. The van der Waals surface area contributed by atoms with Gasteiger partial charge in [0, 0.05) is 55.4 Å². The maximum absolute atomic E-state index is 11.5. The highest BCUT2D eigenvalue weighted by Crippen LogP contribution is 2.39. The lowest BCUT2D eigenvalue weighted by molar-refractivity contribution is -0.141. The van der Waals surface area contributed by atoms with Crippen LogP contribution in [-0.2, 0) is 22.6 Å². The number of carboxylic acid groups (broad SMARTS) is 1. The van der Waals surface area contributed by atoms with Gasteiger partial charge < -0.3 is 28.8 Å². The molecule has 0 saturated carbocycles. The van der Waals surface area contributed by atoms with Crippen LogP contribution in [0.5, 0.6) is 11.5 Å². The fourth-order valence-electron chi connectivity index (χ4n) is 8.18. The number of aliphatic hydroxyl groups excluding tert-OH is 1. The molecule has 0 aliphatic carbocycles. The van der Waals surface area contributed by atoms with Crippen molar-refractivity contribution in [3.05, 3.63) is 88.6 Å². The standard InChI is InChI=1S/C42H44ClN5O7/c1-24-28(7-5-8-29(24)41-45-34-16-25(15-33(43)40(34)55-41)20-47-13-11-26(21-47)42(50)51)30-9-6-10-35-31(30)19-44-48(35)27-17-38(52-3)32(39(18-27)53-4)22-46(2)36-12-14-54-23-37(36)49/h5-10,15-19,26,36-37,49H,11-14,20-23H2,1-4H3,(H,50,51)/t26-,36-,37+/m1/s1. The number of likely N-dealkylation sites (N-methyl/N-ethyl adjacent to an activating group) is 1. The number of rotatable bonds is 11. The van der Waals surface area contributed by atoms with E-state index >= 15 is 0 Å². The molecule has 0 spiro atoms. The third-order valence-electron chi connectivity index (χ3n) is 11.1. The summed E-state index contributed by atoms with van der Waals surface area (Å²) in [5.74, 6) is 0.710. The maximum Gasteiger partial charge on any atom is 0.307 e. The van der Waals surface area contributed by atoms with Crippen LogP contribution in [0.1, 0.15) is 29.5 Å². The number of nitrogens with zero attached hydrogens (tertiary/aromatic N) is 5. The third kappa shape index (κ3) is 7.05. The molecule has 0 radical (unpaired) electrons. The van der Waals surface area contributed by atoms with Gasteiger partial charge in [-0.15, -0.1) is 0 Å². The molecule has 4 aromatic carbocycles. The lowest BCUT2D eigenvalue weighted by Gasteiger charge is -2.35. The quantitative estimate of drug-likeness (QED) is 0.142. The average molecular weight is 766 g/mol. The largest absolute Gasteiger partial charge is 0.496 e. The van der Waals surface area contributed by atoms with Gasteiger partial charge in [-0.3, -0.25) is 14.6 Å². The Labute approximate surface area is 323 Å². The minimum Gasteiger partial charge on any atom is -0.496 e. The molecule has 2 aromatic heterocycles. The number of hydrogen-bond acceptors (Lipinski definition) is 10. The van der Waals surface area contributed by atoms with Crippen molar-refractivity contribution in [2.45, 2.75) is 45.0 Å². The molecule has 2 aliphatic rings. The first-order valence-electron chi connectivity index (χ1n) is 18.5. The number of hydrogen-bond donors (Lipinski definition) is 2. The summed E-state index contributed by atoms with van der Waals surface area (Å²) in [5.41, 5.74) is 8.60. The molecule has 0 unspecified atom stereocenters. The van der Waals surface area contributed by atoms with Crippen molar-refractivity contribution in [3.8, 4) is 39.8 Å². The molecule has 0 amide bonds. The molecular formula is C42H44ClN5O7. The molecule has 0 bridgehead atoms. The van der Waals surface area contributed by atoms with Crippen LogP contribution in [0, 0.1) is 12.8 Å². The van der Waals surface area contributed by atoms with E-state index < -0.39 is 12.1 Å². The molecule has 13 heteroatoms. The number of benzene rings is 4. The first kappa shape index (κ1) is 37.0. The van der Waals surface area contributed by atoms with Crippen LogP contribution in [0.2, 0.25) is 5.02 Å². The van der Waals surface area contributed by atoms with Gasteiger partial charge >= 0.3 is 5.97 Å². The van der Waals surface area contributed by atoms with Crippen molar-refractivity contribution in [2.75, 3.05) is 47.6 Å². The van der Waals surface area contributed by atoms with Crippen LogP contribution < -0.4 is 9.47 Å². The summed E-state index contributed by atoms with van der Waals surface area (Å²) >= 11 is 6.73. The van der Waals surface area contributed by atoms with Gasteiger partial charge in [-0.2, -0.15) is 5.10 Å². The Morgan fingerprint density at radius 1 is 1.04 bits per heavy atom. The second kappa shape index (κ2) is 15.3. The summed E-state index contributed by atoms with van der Waals surface area (Å²) in [4.78, 5) is 20.6. The Kier molecular flexibility index (Phi) is 10.3. The Morgan fingerprint density at radius 3 is 2.51 bits per heavy atom. The van der Waals surface area contributed by atoms with E-state index in [1.54, 1.807) is 14.2 Å². The Hall–Kier alpha value is -4.98. The van der Waals surface area contributed by atoms with Gasteiger partial charge in [-0.1, -0.05) is 35.9 Å². The molecule has 8 rings (SSSR count). The zero-order valence-electron chi connectivity index (χ0n) is 31.3. The van der Waals surface area contributed by atoms with E-state index in [0.29, 0.717) is 72.8 Å². The zero-order chi connectivity index (χ0) is 38.4. The van der Waals surface area contributed by atoms with Gasteiger partial charge in [0.25, 0.3) is 0 Å². The van der Waals surface area contributed by atoms with Gasteiger partial charge in [0.15, 0.2) is 5.58 Å². The Morgan fingerprint density at radius 2 is 1.78 bits per heavy atom. The van der Waals surface area contributed by atoms with E-state index in [2.05, 4.69) is 28.9 Å². The molecule has 12 nitrogen and oxygen atoms in total. The number of oxazole rings is 1. The minimum atomic E-state index is -0.750. The summed E-state index contributed by atoms with van der Waals surface area (Å²) in [6.45, 7) is 5.36. The Bertz CT molecular complexity index is 2370. The van der Waals surface area contributed by atoms with E-state index in [9.17, 15) is 15.0 Å². The average Bonchev–Trinajstić information content (AvgIpc) is 3.94. The molecule has 286 valence electrons. The van der Waals surface area contributed by atoms with Crippen molar-refractivity contribution >= 4 is 39.6 Å². The zero-order valence-corrected chi connectivity index (χ0v) is 32.0. The smallest absolute Gasteiger partial charge is 0.307 e. The summed E-state index contributed by atoms with van der Waals surface area (Å²) in [7, 11) is 5.30. The lowest BCUT2D eigenvalue weighted by atomic mass is 9.94. The number of methoxy groups -OCH3 is 2. The highest BCUT2D eigenvalue weighted by molar-refractivity contribution is 6.34. The first-order valence-corrected chi connectivity index (χ1v) is 18.8. The third-order valence-corrected chi connectivity index (χ3v) is 11.4. The van der Waals surface area contributed by atoms with Crippen LogP contribution in [0.15, 0.2) is 71.3 Å². The molecular weight excluding hydrogens is 722 g/mol. The lowest BCUT2D eigenvalue weighted by Crippen LogP contribution is -2.47. The summed E-state index contributed by atoms with van der Waals surface area (Å²) in [6, 6.07) is 20.0. The number of aliphatic carboxylic acids is 1. The predicted octanol–water partition coefficient (Wildman–Crippen LogP) is 6.97. The van der Waals surface area contributed by atoms with E-state index in [0.717, 1.165) is 62.9 Å². The number of aliphatic hydroxyl groups is 1. The van der Waals surface area contributed by atoms with Crippen LogP contribution in [0.3, 0.4) is 0 Å². The topological polar surface area (TPSA) is 136 Å². The first-order chi connectivity index (χ1) is 26.6. The van der Waals surface area contributed by atoms with Gasteiger partial charge in [0.05, 0.1) is 60.8 Å². The monoisotopic (exact) mass is 765 g/mol. The number of ether oxygens (including phenoxy) is 3. The second-order valence-electron chi connectivity index (χ2n) is 14.5. The van der Waals surface area contributed by atoms with Crippen molar-refractivity contribution in [2.24, 2.45) is 5.92 Å². The van der Waals surface area contributed by atoms with Gasteiger partial charge in [-0.25, -0.2) is 9.67 Å². The molecule has 55 heavy (non-hydrogen) atoms. The normalized spacial score (nSPS) is 19.1. The summed E-state index contributed by atoms with van der Waals surface area (Å²) in [6.07, 6.45) is 2.70. The van der Waals surface area contributed by atoms with E-state index in [1.165, 1.54) is 0 Å². The molecule has 2 fully saturated rings. The molecule has 2 aliphatic heterocycles. The number of carbonyl (C=O) groups is 1. The molecule has 2 saturated heterocycles. The van der Waals surface area contributed by atoms with Crippen molar-refractivity contribution < 1.29 is 33.6 Å². The Balaban J connectivity index is 1.10. The highest BCUT2D eigenvalue weighted by atomic mass is 35.5. The molecule has 3 atom stereocenters. The highest BCUT2D eigenvalue weighted by Gasteiger charge is 2.30. The molecule has 6 aromatic rings. The van der Waals surface area contributed by atoms with Gasteiger partial charge in [0.1, 0.15) is 17.0 Å².